The highest BCUT2D eigenvalue weighted by Crippen LogP contribution is 2.61. The van der Waals surface area contributed by atoms with Gasteiger partial charge in [0.05, 0.1) is 30.0 Å². The third-order valence-corrected chi connectivity index (χ3v) is 10.3. The molecule has 0 aliphatic carbocycles. The van der Waals surface area contributed by atoms with E-state index in [2.05, 4.69) is 10.1 Å². The van der Waals surface area contributed by atoms with Crippen molar-refractivity contribution in [1.29, 1.82) is 0 Å². The summed E-state index contributed by atoms with van der Waals surface area (Å²) in [6.07, 6.45) is 1.27. The second-order valence-electron chi connectivity index (χ2n) is 11.4. The molecular formula is C34H28N6O5S. The molecule has 0 saturated carbocycles. The van der Waals surface area contributed by atoms with E-state index in [0.29, 0.717) is 28.5 Å². The average Bonchev–Trinajstić information content (AvgIpc) is 3.78. The molecule has 1 saturated heterocycles. The van der Waals surface area contributed by atoms with Gasteiger partial charge >= 0.3 is 0 Å². The molecule has 11 nitrogen and oxygen atoms in total. The lowest BCUT2D eigenvalue weighted by molar-refractivity contribution is -0.121. The number of hydrogen-bond acceptors (Lipinski definition) is 10. The van der Waals surface area contributed by atoms with Crippen molar-refractivity contribution >= 4 is 52.5 Å². The van der Waals surface area contributed by atoms with E-state index in [9.17, 15) is 14.4 Å². The summed E-state index contributed by atoms with van der Waals surface area (Å²) < 4.78 is 0. The van der Waals surface area contributed by atoms with Crippen LogP contribution in [0.4, 0.5) is 17.2 Å². The Morgan fingerprint density at radius 3 is 2.28 bits per heavy atom. The smallest absolute Gasteiger partial charge is 0.285 e. The van der Waals surface area contributed by atoms with Crippen LogP contribution in [-0.4, -0.2) is 66.1 Å². The number of para-hydroxylation sites is 1. The second-order valence-corrected chi connectivity index (χ2v) is 12.8. The minimum Gasteiger partial charge on any atom is -0.384 e. The number of thioether (sulfide) groups is 1. The van der Waals surface area contributed by atoms with Crippen molar-refractivity contribution in [2.75, 3.05) is 41.9 Å². The van der Waals surface area contributed by atoms with Crippen molar-refractivity contribution < 1.29 is 24.1 Å². The number of benzene rings is 3. The standard InChI is InChI=1S/C34H28N6O5S/c1-37(2)22-16-14-21(15-17-22)28-29-30(36-45-28)39(27-13-7-8-18-35-27)34(46-29)25-11-5-6-12-26(25)38(33(34)43)19-20-44-40-31(41)23-9-3-4-10-24(23)32(40)42/h3-18,28-29H,19-20H2,1-2H3. The summed E-state index contributed by atoms with van der Waals surface area (Å²) in [5.41, 5.74) is 4.10. The summed E-state index contributed by atoms with van der Waals surface area (Å²) in [5, 5.41) is 5.04. The number of hydrogen-bond donors (Lipinski definition) is 0. The lowest BCUT2D eigenvalue weighted by Crippen LogP contribution is -2.50. The number of rotatable bonds is 7. The number of amidine groups is 1. The molecule has 0 N–H and O–H groups in total. The fourth-order valence-corrected chi connectivity index (χ4v) is 8.21. The van der Waals surface area contributed by atoms with Gasteiger partial charge in [0.1, 0.15) is 11.1 Å². The predicted molar refractivity (Wildman–Crippen MR) is 173 cm³/mol. The van der Waals surface area contributed by atoms with Crippen LogP contribution in [-0.2, 0) is 19.3 Å². The molecule has 12 heteroatoms. The lowest BCUT2D eigenvalue weighted by Gasteiger charge is -2.33. The quantitative estimate of drug-likeness (QED) is 0.271. The first-order valence-corrected chi connectivity index (χ1v) is 15.7. The van der Waals surface area contributed by atoms with E-state index in [4.69, 9.17) is 9.68 Å². The Bertz CT molecular complexity index is 1880. The van der Waals surface area contributed by atoms with Gasteiger partial charge in [-0.05, 0) is 48.0 Å². The van der Waals surface area contributed by atoms with Crippen molar-refractivity contribution in [3.05, 3.63) is 119 Å². The SMILES string of the molecule is CN(C)c1ccc(C2ON=C3C2SC2(C(=O)N(CCON4C(=O)c5ccccc5C4=O)c4ccccc42)N3c2ccccn2)cc1. The minimum absolute atomic E-state index is 0.0792. The molecule has 4 aromatic rings. The number of pyridine rings is 1. The van der Waals surface area contributed by atoms with E-state index < -0.39 is 22.8 Å². The van der Waals surface area contributed by atoms with Crippen molar-refractivity contribution in [2.45, 2.75) is 16.2 Å². The normalized spacial score (nSPS) is 22.7. The second kappa shape index (κ2) is 10.7. The number of carbonyl (C=O) groups excluding carboxylic acids is 3. The Hall–Kier alpha value is -5.20. The third-order valence-electron chi connectivity index (χ3n) is 8.63. The van der Waals surface area contributed by atoms with Gasteiger partial charge in [-0.3, -0.25) is 24.1 Å². The number of amides is 3. The molecule has 46 heavy (non-hydrogen) atoms. The zero-order valence-corrected chi connectivity index (χ0v) is 25.8. The van der Waals surface area contributed by atoms with Crippen LogP contribution in [0.25, 0.3) is 0 Å². The Morgan fingerprint density at radius 1 is 0.891 bits per heavy atom. The topological polar surface area (TPSA) is 108 Å². The van der Waals surface area contributed by atoms with Crippen LogP contribution < -0.4 is 14.7 Å². The third kappa shape index (κ3) is 4.06. The van der Waals surface area contributed by atoms with E-state index in [0.717, 1.165) is 21.9 Å². The van der Waals surface area contributed by atoms with Gasteiger partial charge in [-0.1, -0.05) is 53.7 Å². The fourth-order valence-electron chi connectivity index (χ4n) is 6.46. The molecule has 0 radical (unpaired) electrons. The zero-order valence-electron chi connectivity index (χ0n) is 24.9. The largest absolute Gasteiger partial charge is 0.384 e. The molecule has 1 spiro atoms. The first-order valence-electron chi connectivity index (χ1n) is 14.8. The molecule has 3 atom stereocenters. The maximum Gasteiger partial charge on any atom is 0.285 e. The summed E-state index contributed by atoms with van der Waals surface area (Å²) >= 11 is 1.48. The number of carbonyl (C=O) groups is 3. The summed E-state index contributed by atoms with van der Waals surface area (Å²) in [4.78, 5) is 61.3. The number of anilines is 3. The van der Waals surface area contributed by atoms with E-state index >= 15 is 0 Å². The summed E-state index contributed by atoms with van der Waals surface area (Å²) in [5.74, 6) is -0.0655. The van der Waals surface area contributed by atoms with Gasteiger partial charge in [0, 0.05) is 31.5 Å². The van der Waals surface area contributed by atoms with Gasteiger partial charge in [-0.15, -0.1) is 16.8 Å². The number of nitrogens with zero attached hydrogens (tertiary/aromatic N) is 6. The maximum atomic E-state index is 14.8. The number of aromatic nitrogens is 1. The van der Waals surface area contributed by atoms with Crippen molar-refractivity contribution in [3.8, 4) is 0 Å². The molecule has 230 valence electrons. The van der Waals surface area contributed by atoms with Gasteiger partial charge in [-0.25, -0.2) is 4.98 Å². The average molecular weight is 633 g/mol. The summed E-state index contributed by atoms with van der Waals surface area (Å²) in [6.45, 7) is 0.0227. The molecule has 4 aliphatic rings. The van der Waals surface area contributed by atoms with Crippen LogP contribution in [0, 0.1) is 0 Å². The van der Waals surface area contributed by atoms with Gasteiger partial charge in [0.15, 0.2) is 11.9 Å². The first-order chi connectivity index (χ1) is 22.4. The molecule has 3 unspecified atom stereocenters. The molecule has 3 aromatic carbocycles. The fraction of sp³-hybridized carbons (Fsp3) is 0.206. The molecule has 1 fully saturated rings. The zero-order chi connectivity index (χ0) is 31.6. The highest BCUT2D eigenvalue weighted by atomic mass is 32.2. The van der Waals surface area contributed by atoms with Gasteiger partial charge < -0.3 is 14.6 Å². The predicted octanol–water partition coefficient (Wildman–Crippen LogP) is 4.58. The van der Waals surface area contributed by atoms with Gasteiger partial charge in [0.25, 0.3) is 17.7 Å². The van der Waals surface area contributed by atoms with Gasteiger partial charge in [-0.2, -0.15) is 0 Å². The Kier molecular flexibility index (Phi) is 6.59. The molecule has 4 aliphatic heterocycles. The van der Waals surface area contributed by atoms with Crippen LogP contribution in [0.15, 0.2) is 102 Å². The number of hydroxylamine groups is 2. The minimum atomic E-state index is -1.23. The van der Waals surface area contributed by atoms with Crippen LogP contribution in [0.1, 0.15) is 37.9 Å². The van der Waals surface area contributed by atoms with Crippen LogP contribution in [0.3, 0.4) is 0 Å². The number of fused-ring (bicyclic) bond motifs is 4. The van der Waals surface area contributed by atoms with Gasteiger partial charge in [0.2, 0.25) is 4.87 Å². The van der Waals surface area contributed by atoms with Crippen LogP contribution in [0.2, 0.25) is 0 Å². The molecule has 1 aromatic heterocycles. The van der Waals surface area contributed by atoms with Crippen molar-refractivity contribution in [1.82, 2.24) is 10.0 Å². The van der Waals surface area contributed by atoms with E-state index in [1.54, 1.807) is 35.4 Å². The highest BCUT2D eigenvalue weighted by Gasteiger charge is 2.66. The summed E-state index contributed by atoms with van der Waals surface area (Å²) in [6, 6.07) is 27.9. The Morgan fingerprint density at radius 2 is 1.59 bits per heavy atom. The lowest BCUT2D eigenvalue weighted by atomic mass is 10.0. The molecular weight excluding hydrogens is 604 g/mol. The molecule has 3 amide bonds. The number of oxime groups is 1. The Labute approximate surface area is 268 Å². The molecule has 5 heterocycles. The summed E-state index contributed by atoms with van der Waals surface area (Å²) in [7, 11) is 3.98. The highest BCUT2D eigenvalue weighted by molar-refractivity contribution is 8.03. The molecule has 0 bridgehead atoms. The van der Waals surface area contributed by atoms with Crippen molar-refractivity contribution in [2.24, 2.45) is 5.16 Å². The maximum absolute atomic E-state index is 14.8. The van der Waals surface area contributed by atoms with E-state index in [1.807, 2.05) is 90.6 Å². The first kappa shape index (κ1) is 28.3. The van der Waals surface area contributed by atoms with Crippen LogP contribution >= 0.6 is 11.8 Å². The van der Waals surface area contributed by atoms with Crippen LogP contribution in [0.5, 0.6) is 0 Å². The van der Waals surface area contributed by atoms with E-state index in [-0.39, 0.29) is 24.3 Å². The monoisotopic (exact) mass is 632 g/mol. The Balaban J connectivity index is 1.12. The molecule has 8 rings (SSSR count). The van der Waals surface area contributed by atoms with E-state index in [1.165, 1.54) is 11.8 Å². The van der Waals surface area contributed by atoms with Crippen molar-refractivity contribution in [3.63, 3.8) is 0 Å². The number of imide groups is 1.